The van der Waals surface area contributed by atoms with Gasteiger partial charge in [-0.2, -0.15) is 0 Å². The molecule has 112 valence electrons. The summed E-state index contributed by atoms with van der Waals surface area (Å²) in [5.74, 6) is 10.5. The molecule has 2 amide bonds. The fourth-order valence-electron chi connectivity index (χ4n) is 2.56. The summed E-state index contributed by atoms with van der Waals surface area (Å²) < 4.78 is 5.80. The number of amides is 2. The Hall–Kier alpha value is -2.90. The number of carbonyl (C=O) groups excluding carboxylic acids is 2. The van der Waals surface area contributed by atoms with Crippen molar-refractivity contribution < 1.29 is 14.3 Å². The number of nitrogens with one attached hydrogen (secondary N) is 2. The predicted octanol–water partition coefficient (Wildman–Crippen LogP) is 0.590. The van der Waals surface area contributed by atoms with Crippen molar-refractivity contribution in [1.82, 2.24) is 10.9 Å². The number of benzene rings is 2. The van der Waals surface area contributed by atoms with Crippen molar-refractivity contribution >= 4 is 11.8 Å². The number of hydrogen-bond donors (Lipinski definition) is 4. The molecule has 22 heavy (non-hydrogen) atoms. The molecule has 7 nitrogen and oxygen atoms in total. The second-order valence-electron chi connectivity index (χ2n) is 4.80. The van der Waals surface area contributed by atoms with E-state index in [1.807, 2.05) is 29.7 Å². The van der Waals surface area contributed by atoms with Crippen LogP contribution in [0.1, 0.15) is 31.8 Å². The smallest absolute Gasteiger partial charge is 0.266 e. The van der Waals surface area contributed by atoms with Crippen molar-refractivity contribution in [3.63, 3.8) is 0 Å². The number of nitrogens with two attached hydrogens (primary N) is 2. The molecule has 0 atom stereocenters. The second kappa shape index (κ2) is 5.47. The van der Waals surface area contributed by atoms with Crippen molar-refractivity contribution in [2.75, 3.05) is 0 Å². The molecule has 1 heterocycles. The normalized spacial score (nSPS) is 11.7. The lowest BCUT2D eigenvalue weighted by Crippen LogP contribution is -2.36. The highest BCUT2D eigenvalue weighted by Gasteiger charge is 2.27. The Morgan fingerprint density at radius 2 is 1.68 bits per heavy atom. The zero-order valence-electron chi connectivity index (χ0n) is 11.6. The number of nitrogen functional groups attached to an aromatic ring is 2. The molecular formula is C15H14N4O3. The number of ether oxygens (including phenoxy) is 1. The molecule has 6 N–H and O–H groups in total. The minimum Gasteiger partial charge on any atom is -0.457 e. The molecule has 0 saturated heterocycles. The molecule has 0 fully saturated rings. The van der Waals surface area contributed by atoms with Crippen molar-refractivity contribution in [3.8, 4) is 11.5 Å². The van der Waals surface area contributed by atoms with Crippen LogP contribution in [0.5, 0.6) is 11.5 Å². The Morgan fingerprint density at radius 3 is 2.41 bits per heavy atom. The first-order valence-corrected chi connectivity index (χ1v) is 6.59. The third kappa shape index (κ3) is 2.18. The maximum Gasteiger partial charge on any atom is 0.266 e. The Labute approximate surface area is 126 Å². The van der Waals surface area contributed by atoms with E-state index in [0.717, 1.165) is 11.3 Å². The topological polar surface area (TPSA) is 119 Å². The van der Waals surface area contributed by atoms with Gasteiger partial charge in [0, 0.05) is 12.0 Å². The van der Waals surface area contributed by atoms with E-state index in [4.69, 9.17) is 16.4 Å². The van der Waals surface area contributed by atoms with Gasteiger partial charge in [-0.1, -0.05) is 18.2 Å². The zero-order chi connectivity index (χ0) is 15.7. The van der Waals surface area contributed by atoms with E-state index < -0.39 is 11.8 Å². The third-order valence-corrected chi connectivity index (χ3v) is 3.56. The predicted molar refractivity (Wildman–Crippen MR) is 79.1 cm³/mol. The van der Waals surface area contributed by atoms with Crippen LogP contribution in [0.4, 0.5) is 0 Å². The first-order valence-electron chi connectivity index (χ1n) is 6.59. The standard InChI is InChI=1S/C15H14N4O3/c16-18-14(20)9-5-6-12-10(13(9)15(21)19-17)7-8-3-1-2-4-11(8)22-12/h1-6H,7,16-17H2,(H,18,20)(H,19,21). The maximum absolute atomic E-state index is 12.1. The van der Waals surface area contributed by atoms with Gasteiger partial charge in [-0.3, -0.25) is 20.4 Å². The lowest BCUT2D eigenvalue weighted by Gasteiger charge is -2.23. The second-order valence-corrected chi connectivity index (χ2v) is 4.80. The molecule has 0 aromatic heterocycles. The van der Waals surface area contributed by atoms with Crippen LogP contribution in [0.2, 0.25) is 0 Å². The molecule has 0 bridgehead atoms. The highest BCUT2D eigenvalue weighted by atomic mass is 16.5. The van der Waals surface area contributed by atoms with Gasteiger partial charge >= 0.3 is 0 Å². The van der Waals surface area contributed by atoms with Crippen LogP contribution in [0.15, 0.2) is 36.4 Å². The van der Waals surface area contributed by atoms with Gasteiger partial charge in [-0.25, -0.2) is 11.7 Å². The van der Waals surface area contributed by atoms with Crippen LogP contribution in [0, 0.1) is 0 Å². The Bertz CT molecular complexity index is 773. The van der Waals surface area contributed by atoms with Gasteiger partial charge in [-0.05, 0) is 23.8 Å². The summed E-state index contributed by atoms with van der Waals surface area (Å²) in [6.45, 7) is 0. The van der Waals surface area contributed by atoms with E-state index in [0.29, 0.717) is 17.7 Å². The highest BCUT2D eigenvalue weighted by molar-refractivity contribution is 6.08. The average Bonchev–Trinajstić information content (AvgIpc) is 2.57. The SMILES string of the molecule is NNC(=O)c1ccc2c(c1C(=O)NN)Cc1ccccc1O2. The van der Waals surface area contributed by atoms with Gasteiger partial charge in [0.15, 0.2) is 0 Å². The number of para-hydroxylation sites is 1. The molecule has 0 spiro atoms. The van der Waals surface area contributed by atoms with Gasteiger partial charge in [0.25, 0.3) is 11.8 Å². The van der Waals surface area contributed by atoms with E-state index in [1.165, 1.54) is 6.07 Å². The molecule has 0 unspecified atom stereocenters. The van der Waals surface area contributed by atoms with Crippen LogP contribution < -0.4 is 27.3 Å². The van der Waals surface area contributed by atoms with E-state index >= 15 is 0 Å². The van der Waals surface area contributed by atoms with Crippen LogP contribution in [0.25, 0.3) is 0 Å². The summed E-state index contributed by atoms with van der Waals surface area (Å²) in [7, 11) is 0. The zero-order valence-corrected chi connectivity index (χ0v) is 11.6. The summed E-state index contributed by atoms with van der Waals surface area (Å²) in [5, 5.41) is 0. The minimum atomic E-state index is -0.571. The van der Waals surface area contributed by atoms with Gasteiger partial charge in [-0.15, -0.1) is 0 Å². The molecule has 7 heteroatoms. The fraction of sp³-hybridized carbons (Fsp3) is 0.0667. The average molecular weight is 298 g/mol. The lowest BCUT2D eigenvalue weighted by molar-refractivity contribution is 0.0918. The fourth-order valence-corrected chi connectivity index (χ4v) is 2.56. The third-order valence-electron chi connectivity index (χ3n) is 3.56. The number of carbonyl (C=O) groups is 2. The number of fused-ring (bicyclic) bond motifs is 2. The molecule has 1 aliphatic heterocycles. The van der Waals surface area contributed by atoms with Crippen LogP contribution in [-0.2, 0) is 6.42 Å². The van der Waals surface area contributed by atoms with Crippen molar-refractivity contribution in [2.24, 2.45) is 11.7 Å². The molecule has 2 aromatic carbocycles. The first-order chi connectivity index (χ1) is 10.7. The van der Waals surface area contributed by atoms with Gasteiger partial charge in [0.2, 0.25) is 0 Å². The van der Waals surface area contributed by atoms with Gasteiger partial charge in [0.1, 0.15) is 11.5 Å². The number of rotatable bonds is 2. The summed E-state index contributed by atoms with van der Waals surface area (Å²) >= 11 is 0. The van der Waals surface area contributed by atoms with Crippen LogP contribution in [-0.4, -0.2) is 11.8 Å². The Balaban J connectivity index is 2.18. The minimum absolute atomic E-state index is 0.146. The summed E-state index contributed by atoms with van der Waals surface area (Å²) in [4.78, 5) is 24.0. The number of hydrazine groups is 2. The molecule has 0 radical (unpaired) electrons. The van der Waals surface area contributed by atoms with E-state index in [1.54, 1.807) is 6.07 Å². The van der Waals surface area contributed by atoms with Gasteiger partial charge in [0.05, 0.1) is 11.1 Å². The van der Waals surface area contributed by atoms with E-state index in [-0.39, 0.29) is 11.1 Å². The molecule has 3 rings (SSSR count). The summed E-state index contributed by atoms with van der Waals surface area (Å²) in [6, 6.07) is 10.6. The summed E-state index contributed by atoms with van der Waals surface area (Å²) in [6.07, 6.45) is 0.458. The quantitative estimate of drug-likeness (QED) is 0.313. The molecular weight excluding hydrogens is 284 g/mol. The molecule has 1 aliphatic rings. The monoisotopic (exact) mass is 298 g/mol. The maximum atomic E-state index is 12.1. The molecule has 2 aromatic rings. The molecule has 0 saturated carbocycles. The van der Waals surface area contributed by atoms with Crippen molar-refractivity contribution in [1.29, 1.82) is 0 Å². The van der Waals surface area contributed by atoms with E-state index in [2.05, 4.69) is 5.43 Å². The van der Waals surface area contributed by atoms with E-state index in [9.17, 15) is 9.59 Å². The highest BCUT2D eigenvalue weighted by Crippen LogP contribution is 2.38. The Morgan fingerprint density at radius 1 is 0.955 bits per heavy atom. The Kier molecular flexibility index (Phi) is 3.50. The largest absolute Gasteiger partial charge is 0.457 e. The summed E-state index contributed by atoms with van der Waals surface area (Å²) in [5.41, 5.74) is 5.92. The van der Waals surface area contributed by atoms with Crippen LogP contribution >= 0.6 is 0 Å². The molecule has 0 aliphatic carbocycles. The van der Waals surface area contributed by atoms with Crippen molar-refractivity contribution in [2.45, 2.75) is 6.42 Å². The van der Waals surface area contributed by atoms with Crippen LogP contribution in [0.3, 0.4) is 0 Å². The lowest BCUT2D eigenvalue weighted by atomic mass is 9.92. The number of hydrogen-bond acceptors (Lipinski definition) is 5. The van der Waals surface area contributed by atoms with Gasteiger partial charge < -0.3 is 4.74 Å². The first kappa shape index (κ1) is 14.1. The van der Waals surface area contributed by atoms with Crippen molar-refractivity contribution in [3.05, 3.63) is 58.7 Å².